The molecule has 3 N–H and O–H groups in total. The lowest BCUT2D eigenvalue weighted by atomic mass is 10.2. The van der Waals surface area contributed by atoms with Gasteiger partial charge in [-0.05, 0) is 33.7 Å². The third-order valence-corrected chi connectivity index (χ3v) is 4.17. The Bertz CT molecular complexity index is 428. The molecule has 0 radical (unpaired) electrons. The molecule has 0 saturated carbocycles. The van der Waals surface area contributed by atoms with E-state index in [0.717, 1.165) is 64.7 Å². The summed E-state index contributed by atoms with van der Waals surface area (Å²) in [6.07, 6.45) is 0.432. The van der Waals surface area contributed by atoms with Gasteiger partial charge in [-0.1, -0.05) is 6.92 Å². The number of guanidine groups is 1. The van der Waals surface area contributed by atoms with E-state index in [1.165, 1.54) is 0 Å². The molecular formula is C18H38N6O2. The number of carbonyl (C=O) groups excluding carboxylic acids is 1. The normalized spacial score (nSPS) is 17.0. The van der Waals surface area contributed by atoms with Crippen molar-refractivity contribution < 1.29 is 9.53 Å². The maximum absolute atomic E-state index is 11.5. The van der Waals surface area contributed by atoms with Gasteiger partial charge in [-0.25, -0.2) is 4.79 Å². The minimum Gasteiger partial charge on any atom is -0.444 e. The molecule has 1 heterocycles. The lowest BCUT2D eigenvalue weighted by molar-refractivity contribution is 0.0527. The molecule has 0 bridgehead atoms. The number of nitrogens with zero attached hydrogens (tertiary/aromatic N) is 3. The largest absolute Gasteiger partial charge is 0.444 e. The first-order chi connectivity index (χ1) is 12.3. The van der Waals surface area contributed by atoms with Gasteiger partial charge in [-0.3, -0.25) is 9.89 Å². The zero-order valence-corrected chi connectivity index (χ0v) is 17.2. The van der Waals surface area contributed by atoms with E-state index in [2.05, 4.69) is 37.7 Å². The zero-order chi connectivity index (χ0) is 19.4. The molecule has 1 amide bonds. The third-order valence-electron chi connectivity index (χ3n) is 4.17. The van der Waals surface area contributed by atoms with E-state index in [4.69, 9.17) is 4.74 Å². The number of hydrogen-bond acceptors (Lipinski definition) is 5. The molecule has 1 saturated heterocycles. The molecule has 0 spiro atoms. The summed E-state index contributed by atoms with van der Waals surface area (Å²) in [7, 11) is 1.77. The average molecular weight is 371 g/mol. The Morgan fingerprint density at radius 3 is 2.15 bits per heavy atom. The van der Waals surface area contributed by atoms with E-state index in [1.807, 2.05) is 20.8 Å². The highest BCUT2D eigenvalue weighted by atomic mass is 16.6. The number of likely N-dealkylation sites (N-methyl/N-ethyl adjacent to an activating group) is 1. The Hall–Kier alpha value is -1.54. The molecule has 0 aromatic carbocycles. The van der Waals surface area contributed by atoms with Crippen molar-refractivity contribution in [3.63, 3.8) is 0 Å². The van der Waals surface area contributed by atoms with Gasteiger partial charge in [0.05, 0.1) is 0 Å². The molecular weight excluding hydrogens is 332 g/mol. The highest BCUT2D eigenvalue weighted by Crippen LogP contribution is 2.06. The summed E-state index contributed by atoms with van der Waals surface area (Å²) >= 11 is 0. The van der Waals surface area contributed by atoms with Gasteiger partial charge in [0, 0.05) is 59.4 Å². The van der Waals surface area contributed by atoms with Crippen molar-refractivity contribution in [3.8, 4) is 0 Å². The average Bonchev–Trinajstić information content (AvgIpc) is 2.59. The summed E-state index contributed by atoms with van der Waals surface area (Å²) in [5.41, 5.74) is -0.461. The lowest BCUT2D eigenvalue weighted by Crippen LogP contribution is -2.49. The van der Waals surface area contributed by atoms with Crippen LogP contribution in [0.3, 0.4) is 0 Å². The van der Waals surface area contributed by atoms with Gasteiger partial charge < -0.3 is 25.6 Å². The molecule has 1 rings (SSSR count). The number of aliphatic imine (C=N–C) groups is 1. The van der Waals surface area contributed by atoms with Crippen molar-refractivity contribution in [2.45, 2.75) is 39.7 Å². The van der Waals surface area contributed by atoms with Crippen LogP contribution in [0.2, 0.25) is 0 Å². The van der Waals surface area contributed by atoms with E-state index >= 15 is 0 Å². The molecule has 8 heteroatoms. The fraction of sp³-hybridized carbons (Fsp3) is 0.889. The number of hydrogen-bond donors (Lipinski definition) is 3. The number of alkyl carbamates (subject to hydrolysis) is 1. The van der Waals surface area contributed by atoms with Gasteiger partial charge in [0.25, 0.3) is 0 Å². The summed E-state index contributed by atoms with van der Waals surface area (Å²) in [5, 5.41) is 9.36. The summed E-state index contributed by atoms with van der Waals surface area (Å²) in [4.78, 5) is 20.7. The van der Waals surface area contributed by atoms with Crippen molar-refractivity contribution in [3.05, 3.63) is 0 Å². The Morgan fingerprint density at radius 2 is 1.58 bits per heavy atom. The summed E-state index contributed by atoms with van der Waals surface area (Å²) in [6.45, 7) is 16.7. The topological polar surface area (TPSA) is 81.2 Å². The number of piperazine rings is 1. The fourth-order valence-electron chi connectivity index (χ4n) is 2.68. The first-order valence-corrected chi connectivity index (χ1v) is 9.70. The molecule has 1 aliphatic rings. The Morgan fingerprint density at radius 1 is 1.00 bits per heavy atom. The monoisotopic (exact) mass is 370 g/mol. The summed E-state index contributed by atoms with van der Waals surface area (Å²) in [5.74, 6) is 0.800. The Balaban J connectivity index is 2.06. The molecule has 0 aromatic rings. The van der Waals surface area contributed by atoms with Crippen molar-refractivity contribution in [2.75, 3.05) is 66.0 Å². The van der Waals surface area contributed by atoms with Gasteiger partial charge in [-0.15, -0.1) is 0 Å². The number of rotatable bonds is 8. The van der Waals surface area contributed by atoms with Crippen LogP contribution in [-0.4, -0.2) is 93.4 Å². The van der Waals surface area contributed by atoms with Crippen LogP contribution in [0.4, 0.5) is 4.79 Å². The van der Waals surface area contributed by atoms with Gasteiger partial charge in [0.15, 0.2) is 5.96 Å². The second-order valence-electron chi connectivity index (χ2n) is 7.48. The molecule has 8 nitrogen and oxygen atoms in total. The molecule has 1 fully saturated rings. The van der Waals surface area contributed by atoms with E-state index in [9.17, 15) is 4.79 Å². The zero-order valence-electron chi connectivity index (χ0n) is 17.2. The SMILES string of the molecule is CCN1CCN(CCNC(=NC)NCCCNC(=O)OC(C)(C)C)CC1. The summed E-state index contributed by atoms with van der Waals surface area (Å²) < 4.78 is 5.20. The maximum atomic E-state index is 11.5. The molecule has 0 atom stereocenters. The molecule has 0 unspecified atom stereocenters. The van der Waals surface area contributed by atoms with Gasteiger partial charge in [0.2, 0.25) is 0 Å². The van der Waals surface area contributed by atoms with Crippen molar-refractivity contribution in [1.82, 2.24) is 25.8 Å². The molecule has 26 heavy (non-hydrogen) atoms. The maximum Gasteiger partial charge on any atom is 0.407 e. The number of carbonyl (C=O) groups is 1. The van der Waals surface area contributed by atoms with Crippen molar-refractivity contribution in [2.24, 2.45) is 4.99 Å². The number of ether oxygens (including phenoxy) is 1. The van der Waals surface area contributed by atoms with Crippen LogP contribution >= 0.6 is 0 Å². The van der Waals surface area contributed by atoms with Crippen LogP contribution in [0.15, 0.2) is 4.99 Å². The van der Waals surface area contributed by atoms with Crippen LogP contribution < -0.4 is 16.0 Å². The van der Waals surface area contributed by atoms with Crippen LogP contribution in [0.25, 0.3) is 0 Å². The minimum atomic E-state index is -0.461. The quantitative estimate of drug-likeness (QED) is 0.332. The first kappa shape index (κ1) is 22.5. The Labute approximate surface area is 158 Å². The van der Waals surface area contributed by atoms with Crippen molar-refractivity contribution in [1.29, 1.82) is 0 Å². The van der Waals surface area contributed by atoms with E-state index < -0.39 is 5.60 Å². The van der Waals surface area contributed by atoms with E-state index in [0.29, 0.717) is 6.54 Å². The predicted molar refractivity (Wildman–Crippen MR) is 107 cm³/mol. The van der Waals surface area contributed by atoms with Crippen LogP contribution in [0.1, 0.15) is 34.1 Å². The standard InChI is InChI=1S/C18H38N6O2/c1-6-23-12-14-24(15-13-23)11-10-21-16(19-5)20-8-7-9-22-17(25)26-18(2,3)4/h6-15H2,1-5H3,(H,22,25)(H2,19,20,21). The number of amides is 1. The minimum absolute atomic E-state index is 0.372. The van der Waals surface area contributed by atoms with Gasteiger partial charge >= 0.3 is 6.09 Å². The predicted octanol–water partition coefficient (Wildman–Crippen LogP) is 0.704. The van der Waals surface area contributed by atoms with Crippen LogP contribution in [0, 0.1) is 0 Å². The molecule has 1 aliphatic heterocycles. The fourth-order valence-corrected chi connectivity index (χ4v) is 2.68. The molecule has 0 aromatic heterocycles. The second kappa shape index (κ2) is 12.0. The highest BCUT2D eigenvalue weighted by Gasteiger charge is 2.16. The van der Waals surface area contributed by atoms with Gasteiger partial charge in [-0.2, -0.15) is 0 Å². The highest BCUT2D eigenvalue weighted by molar-refractivity contribution is 5.79. The smallest absolute Gasteiger partial charge is 0.407 e. The second-order valence-corrected chi connectivity index (χ2v) is 7.48. The molecule has 0 aliphatic carbocycles. The van der Waals surface area contributed by atoms with Crippen LogP contribution in [-0.2, 0) is 4.74 Å². The lowest BCUT2D eigenvalue weighted by Gasteiger charge is -2.34. The first-order valence-electron chi connectivity index (χ1n) is 9.70. The third kappa shape index (κ3) is 10.5. The summed E-state index contributed by atoms with van der Waals surface area (Å²) in [6, 6.07) is 0. The van der Waals surface area contributed by atoms with E-state index in [-0.39, 0.29) is 6.09 Å². The molecule has 152 valence electrons. The van der Waals surface area contributed by atoms with Crippen LogP contribution in [0.5, 0.6) is 0 Å². The Kier molecular flexibility index (Phi) is 10.3. The number of nitrogens with one attached hydrogen (secondary N) is 3. The van der Waals surface area contributed by atoms with Crippen molar-refractivity contribution >= 4 is 12.1 Å². The van der Waals surface area contributed by atoms with Gasteiger partial charge in [0.1, 0.15) is 5.60 Å². The van der Waals surface area contributed by atoms with E-state index in [1.54, 1.807) is 7.05 Å².